The van der Waals surface area contributed by atoms with E-state index in [0.717, 1.165) is 18.5 Å². The molecule has 0 aliphatic rings. The highest BCUT2D eigenvalue weighted by atomic mass is 16.6. The zero-order valence-electron chi connectivity index (χ0n) is 13.2. The number of nitro benzene ring substituents is 1. The highest BCUT2D eigenvalue weighted by Gasteiger charge is 2.25. The average Bonchev–Trinajstić information content (AvgIpc) is 2.44. The number of rotatable bonds is 8. The average molecular weight is 295 g/mol. The van der Waals surface area contributed by atoms with Gasteiger partial charge in [0, 0.05) is 29.9 Å². The number of hydrogen-bond donors (Lipinski definition) is 2. The summed E-state index contributed by atoms with van der Waals surface area (Å²) in [5, 5.41) is 14.4. The smallest absolute Gasteiger partial charge is 0.311 e. The van der Waals surface area contributed by atoms with Crippen molar-refractivity contribution in [3.05, 3.63) is 28.3 Å². The Morgan fingerprint density at radius 2 is 2.00 bits per heavy atom. The molecule has 0 bridgehead atoms. The summed E-state index contributed by atoms with van der Waals surface area (Å²) >= 11 is 0. The van der Waals surface area contributed by atoms with E-state index in [1.807, 2.05) is 13.8 Å². The van der Waals surface area contributed by atoms with Crippen molar-refractivity contribution in [3.63, 3.8) is 0 Å². The molecule has 0 heterocycles. The predicted octanol–water partition coefficient (Wildman–Crippen LogP) is 3.31. The quantitative estimate of drug-likeness (QED) is 0.567. The first-order valence-electron chi connectivity index (χ1n) is 7.30. The fourth-order valence-corrected chi connectivity index (χ4v) is 2.16. The van der Waals surface area contributed by atoms with Gasteiger partial charge in [0.05, 0.1) is 11.0 Å². The molecule has 0 aliphatic carbocycles. The molecule has 0 fully saturated rings. The summed E-state index contributed by atoms with van der Waals surface area (Å²) in [4.78, 5) is 10.6. The van der Waals surface area contributed by atoms with Crippen LogP contribution in [0, 0.1) is 10.1 Å². The Kier molecular flexibility index (Phi) is 5.96. The van der Waals surface area contributed by atoms with Crippen molar-refractivity contribution < 1.29 is 9.66 Å². The van der Waals surface area contributed by atoms with E-state index in [2.05, 4.69) is 19.2 Å². The molecule has 1 aromatic rings. The highest BCUT2D eigenvalue weighted by molar-refractivity contribution is 5.59. The van der Waals surface area contributed by atoms with Crippen molar-refractivity contribution in [3.8, 4) is 5.75 Å². The van der Waals surface area contributed by atoms with Gasteiger partial charge < -0.3 is 15.8 Å². The van der Waals surface area contributed by atoms with Crippen LogP contribution in [0.4, 0.5) is 11.4 Å². The maximum atomic E-state index is 11.1. The number of hydrogen-bond acceptors (Lipinski definition) is 5. The van der Waals surface area contributed by atoms with Crippen molar-refractivity contribution in [2.24, 2.45) is 5.73 Å². The van der Waals surface area contributed by atoms with Crippen LogP contribution >= 0.6 is 0 Å². The number of ether oxygens (including phenoxy) is 1. The summed E-state index contributed by atoms with van der Waals surface area (Å²) in [7, 11) is 0. The Hall–Kier alpha value is -1.82. The number of nitrogens with one attached hydrogen (secondary N) is 1. The van der Waals surface area contributed by atoms with E-state index in [1.165, 1.54) is 6.07 Å². The summed E-state index contributed by atoms with van der Waals surface area (Å²) in [5.41, 5.74) is 6.42. The second-order valence-corrected chi connectivity index (χ2v) is 5.42. The van der Waals surface area contributed by atoms with E-state index < -0.39 is 4.92 Å². The van der Waals surface area contributed by atoms with E-state index in [9.17, 15) is 10.1 Å². The molecule has 0 atom stereocenters. The topological polar surface area (TPSA) is 90.4 Å². The van der Waals surface area contributed by atoms with Gasteiger partial charge in [-0.05, 0) is 32.8 Å². The van der Waals surface area contributed by atoms with Crippen LogP contribution in [0.5, 0.6) is 5.75 Å². The molecule has 0 aromatic heterocycles. The maximum absolute atomic E-state index is 11.1. The molecule has 0 amide bonds. The van der Waals surface area contributed by atoms with Gasteiger partial charge in [-0.15, -0.1) is 0 Å². The number of benzene rings is 1. The third kappa shape index (κ3) is 4.32. The van der Waals surface area contributed by atoms with E-state index in [-0.39, 0.29) is 23.1 Å². The van der Waals surface area contributed by atoms with Crippen molar-refractivity contribution in [2.45, 2.75) is 52.2 Å². The van der Waals surface area contributed by atoms with Gasteiger partial charge in [0.1, 0.15) is 0 Å². The lowest BCUT2D eigenvalue weighted by Crippen LogP contribution is -2.44. The lowest BCUT2D eigenvalue weighted by atomic mass is 9.92. The minimum absolute atomic E-state index is 0.0272. The van der Waals surface area contributed by atoms with Crippen LogP contribution in [-0.4, -0.2) is 23.1 Å². The van der Waals surface area contributed by atoms with Crippen LogP contribution in [0.25, 0.3) is 0 Å². The Bertz CT molecular complexity index is 477. The van der Waals surface area contributed by atoms with Crippen molar-refractivity contribution in [2.75, 3.05) is 11.9 Å². The molecule has 0 saturated carbocycles. The van der Waals surface area contributed by atoms with Gasteiger partial charge in [0.15, 0.2) is 5.75 Å². The molecule has 1 aromatic carbocycles. The molecular weight excluding hydrogens is 270 g/mol. The molecule has 0 saturated heterocycles. The highest BCUT2D eigenvalue weighted by Crippen LogP contribution is 2.32. The van der Waals surface area contributed by atoms with Crippen LogP contribution in [0.1, 0.15) is 40.5 Å². The van der Waals surface area contributed by atoms with Crippen molar-refractivity contribution >= 4 is 11.4 Å². The number of nitro groups is 1. The van der Waals surface area contributed by atoms with Crippen LogP contribution in [-0.2, 0) is 0 Å². The van der Waals surface area contributed by atoms with Crippen molar-refractivity contribution in [1.29, 1.82) is 0 Å². The largest absolute Gasteiger partial charge is 0.484 e. The summed E-state index contributed by atoms with van der Waals surface area (Å²) < 4.78 is 5.55. The molecule has 0 spiro atoms. The van der Waals surface area contributed by atoms with Gasteiger partial charge in [0.25, 0.3) is 0 Å². The number of nitrogens with zero attached hydrogens (tertiary/aromatic N) is 1. The number of nitrogens with two attached hydrogens (primary N) is 1. The van der Waals surface area contributed by atoms with E-state index >= 15 is 0 Å². The maximum Gasteiger partial charge on any atom is 0.311 e. The van der Waals surface area contributed by atoms with Crippen LogP contribution in [0.15, 0.2) is 18.2 Å². The Morgan fingerprint density at radius 1 is 1.38 bits per heavy atom. The fourth-order valence-electron chi connectivity index (χ4n) is 2.16. The van der Waals surface area contributed by atoms with Crippen LogP contribution in [0.3, 0.4) is 0 Å². The molecule has 21 heavy (non-hydrogen) atoms. The van der Waals surface area contributed by atoms with Gasteiger partial charge in [0.2, 0.25) is 0 Å². The Labute approximate surface area is 125 Å². The molecule has 6 heteroatoms. The molecular formula is C15H25N3O3. The Balaban J connectivity index is 3.12. The standard InChI is InChI=1S/C15H25N3O3/c1-5-15(6-2,10-16)17-12-7-8-13(18(19)20)14(9-12)21-11(3)4/h7-9,11,17H,5-6,10,16H2,1-4H3. The summed E-state index contributed by atoms with van der Waals surface area (Å²) in [6.07, 6.45) is 1.62. The second-order valence-electron chi connectivity index (χ2n) is 5.42. The summed E-state index contributed by atoms with van der Waals surface area (Å²) in [5.74, 6) is 0.276. The van der Waals surface area contributed by atoms with E-state index in [0.29, 0.717) is 6.54 Å². The van der Waals surface area contributed by atoms with Gasteiger partial charge in [-0.1, -0.05) is 13.8 Å². The van der Waals surface area contributed by atoms with Gasteiger partial charge in [-0.2, -0.15) is 0 Å². The molecule has 3 N–H and O–H groups in total. The SMILES string of the molecule is CCC(CC)(CN)Nc1ccc([N+](=O)[O-])c(OC(C)C)c1. The van der Waals surface area contributed by atoms with Gasteiger partial charge in [-0.25, -0.2) is 0 Å². The van der Waals surface area contributed by atoms with Crippen LogP contribution in [0.2, 0.25) is 0 Å². The van der Waals surface area contributed by atoms with Gasteiger partial charge in [-0.3, -0.25) is 10.1 Å². The predicted molar refractivity (Wildman–Crippen MR) is 84.9 cm³/mol. The zero-order chi connectivity index (χ0) is 16.0. The van der Waals surface area contributed by atoms with E-state index in [4.69, 9.17) is 10.5 Å². The molecule has 0 unspecified atom stereocenters. The first kappa shape index (κ1) is 17.2. The normalized spacial score (nSPS) is 11.5. The monoisotopic (exact) mass is 295 g/mol. The molecule has 0 aliphatic heterocycles. The fraction of sp³-hybridized carbons (Fsp3) is 0.600. The zero-order valence-corrected chi connectivity index (χ0v) is 13.2. The second kappa shape index (κ2) is 7.26. The van der Waals surface area contributed by atoms with Gasteiger partial charge >= 0.3 is 5.69 Å². The van der Waals surface area contributed by atoms with E-state index in [1.54, 1.807) is 12.1 Å². The first-order valence-corrected chi connectivity index (χ1v) is 7.30. The first-order chi connectivity index (χ1) is 9.87. The molecule has 118 valence electrons. The summed E-state index contributed by atoms with van der Waals surface area (Å²) in [6.45, 7) is 8.32. The lowest BCUT2D eigenvalue weighted by Gasteiger charge is -2.32. The Morgan fingerprint density at radius 3 is 2.43 bits per heavy atom. The number of anilines is 1. The molecule has 6 nitrogen and oxygen atoms in total. The molecule has 0 radical (unpaired) electrons. The third-order valence-corrected chi connectivity index (χ3v) is 3.67. The minimum atomic E-state index is -0.433. The summed E-state index contributed by atoms with van der Waals surface area (Å²) in [6, 6.07) is 4.83. The van der Waals surface area contributed by atoms with Crippen molar-refractivity contribution in [1.82, 2.24) is 0 Å². The third-order valence-electron chi connectivity index (χ3n) is 3.67. The lowest BCUT2D eigenvalue weighted by molar-refractivity contribution is -0.386. The van der Waals surface area contributed by atoms with Crippen LogP contribution < -0.4 is 15.8 Å². The molecule has 1 rings (SSSR count). The minimum Gasteiger partial charge on any atom is -0.484 e.